The number of carbonyl (C=O) groups is 2. The van der Waals surface area contributed by atoms with Crippen LogP contribution in [-0.4, -0.2) is 38.7 Å². The number of hydrogen-bond donors (Lipinski definition) is 1. The third-order valence-corrected chi connectivity index (χ3v) is 3.67. The topological polar surface area (TPSA) is 73.9 Å². The van der Waals surface area contributed by atoms with Crippen molar-refractivity contribution in [2.45, 2.75) is 6.92 Å². The number of amides is 1. The normalized spacial score (nSPS) is 10.1. The molecule has 0 heterocycles. The van der Waals surface area contributed by atoms with Gasteiger partial charge < -0.3 is 19.5 Å². The minimum absolute atomic E-state index is 0.284. The van der Waals surface area contributed by atoms with Gasteiger partial charge in [-0.25, -0.2) is 4.79 Å². The zero-order valence-electron chi connectivity index (χ0n) is 14.6. The van der Waals surface area contributed by atoms with Gasteiger partial charge in [0.05, 0.1) is 13.7 Å². The quantitative estimate of drug-likeness (QED) is 0.565. The predicted molar refractivity (Wildman–Crippen MR) is 98.0 cm³/mol. The first kappa shape index (κ1) is 19.6. The monoisotopic (exact) mass is 377 g/mol. The summed E-state index contributed by atoms with van der Waals surface area (Å²) >= 11 is 5.78. The fourth-order valence-electron chi connectivity index (χ4n) is 2.13. The molecule has 0 aliphatic rings. The van der Waals surface area contributed by atoms with E-state index in [1.165, 1.54) is 7.11 Å². The van der Waals surface area contributed by atoms with Gasteiger partial charge >= 0.3 is 5.97 Å². The Morgan fingerprint density at radius 2 is 1.85 bits per heavy atom. The van der Waals surface area contributed by atoms with Gasteiger partial charge in [0.2, 0.25) is 0 Å². The maximum atomic E-state index is 12.1. The van der Waals surface area contributed by atoms with E-state index in [0.717, 1.165) is 5.56 Å². The maximum Gasteiger partial charge on any atom is 0.342 e. The minimum atomic E-state index is -0.613. The smallest absolute Gasteiger partial charge is 0.342 e. The van der Waals surface area contributed by atoms with E-state index in [4.69, 9.17) is 25.8 Å². The Labute approximate surface area is 157 Å². The van der Waals surface area contributed by atoms with E-state index in [9.17, 15) is 9.59 Å². The molecule has 2 aromatic rings. The van der Waals surface area contributed by atoms with Crippen LogP contribution in [0, 0.1) is 6.92 Å². The third kappa shape index (κ3) is 5.97. The number of aryl methyl sites for hydroxylation is 1. The summed E-state index contributed by atoms with van der Waals surface area (Å²) in [6.07, 6.45) is 0. The number of methoxy groups -OCH3 is 1. The zero-order chi connectivity index (χ0) is 18.9. The summed E-state index contributed by atoms with van der Waals surface area (Å²) in [7, 11) is 1.47. The highest BCUT2D eigenvalue weighted by atomic mass is 35.5. The molecule has 0 atom stereocenters. The molecule has 0 aliphatic carbocycles. The van der Waals surface area contributed by atoms with E-state index in [0.29, 0.717) is 16.5 Å². The van der Waals surface area contributed by atoms with Crippen LogP contribution < -0.4 is 14.8 Å². The Balaban J connectivity index is 1.72. The van der Waals surface area contributed by atoms with Crippen LogP contribution in [0.25, 0.3) is 0 Å². The molecule has 2 aromatic carbocycles. The van der Waals surface area contributed by atoms with Crippen LogP contribution in [0.1, 0.15) is 15.9 Å². The van der Waals surface area contributed by atoms with Gasteiger partial charge in [0, 0.05) is 5.02 Å². The van der Waals surface area contributed by atoms with Crippen molar-refractivity contribution >= 4 is 23.5 Å². The molecule has 2 rings (SSSR count). The van der Waals surface area contributed by atoms with Gasteiger partial charge in [-0.05, 0) is 43.3 Å². The van der Waals surface area contributed by atoms with Crippen molar-refractivity contribution in [2.24, 2.45) is 0 Å². The molecule has 0 bridgehead atoms. The van der Waals surface area contributed by atoms with Gasteiger partial charge in [-0.1, -0.05) is 23.2 Å². The van der Waals surface area contributed by atoms with Crippen LogP contribution >= 0.6 is 11.6 Å². The first-order chi connectivity index (χ1) is 12.5. The first-order valence-corrected chi connectivity index (χ1v) is 8.34. The number of nitrogens with one attached hydrogen (secondary N) is 1. The van der Waals surface area contributed by atoms with Crippen molar-refractivity contribution in [3.05, 3.63) is 58.6 Å². The molecule has 0 saturated heterocycles. The fraction of sp³-hybridized carbons (Fsp3) is 0.263. The molecular weight excluding hydrogens is 358 g/mol. The largest absolute Gasteiger partial charge is 0.496 e. The molecule has 0 aliphatic heterocycles. The van der Waals surface area contributed by atoms with E-state index in [1.54, 1.807) is 36.4 Å². The van der Waals surface area contributed by atoms with Gasteiger partial charge in [0.1, 0.15) is 23.7 Å². The number of halogens is 1. The molecule has 26 heavy (non-hydrogen) atoms. The lowest BCUT2D eigenvalue weighted by molar-refractivity contribution is -0.124. The standard InChI is InChI=1S/C19H20ClNO5/c1-13-3-8-17(24-2)16(11-13)19(23)26-12-18(22)21-9-10-25-15-6-4-14(20)5-7-15/h3-8,11H,9-10,12H2,1-2H3,(H,21,22). The molecule has 0 fully saturated rings. The number of benzene rings is 2. The maximum absolute atomic E-state index is 12.1. The number of ether oxygens (including phenoxy) is 3. The average molecular weight is 378 g/mol. The van der Waals surface area contributed by atoms with Crippen molar-refractivity contribution in [1.82, 2.24) is 5.32 Å². The summed E-state index contributed by atoms with van der Waals surface area (Å²) in [6.45, 7) is 2.04. The Bertz CT molecular complexity index is 761. The molecule has 1 N–H and O–H groups in total. The SMILES string of the molecule is COc1ccc(C)cc1C(=O)OCC(=O)NCCOc1ccc(Cl)cc1. The van der Waals surface area contributed by atoms with E-state index in [-0.39, 0.29) is 25.3 Å². The Kier molecular flexibility index (Phi) is 7.29. The molecule has 0 unspecified atom stereocenters. The number of esters is 1. The first-order valence-electron chi connectivity index (χ1n) is 7.96. The average Bonchev–Trinajstić information content (AvgIpc) is 2.64. The summed E-state index contributed by atoms with van der Waals surface area (Å²) in [5.74, 6) is 0.0294. The number of rotatable bonds is 8. The lowest BCUT2D eigenvalue weighted by atomic mass is 10.1. The highest BCUT2D eigenvalue weighted by molar-refractivity contribution is 6.30. The second-order valence-corrected chi connectivity index (χ2v) is 5.87. The van der Waals surface area contributed by atoms with Gasteiger partial charge in [-0.15, -0.1) is 0 Å². The molecule has 0 saturated carbocycles. The van der Waals surface area contributed by atoms with Gasteiger partial charge in [-0.3, -0.25) is 4.79 Å². The van der Waals surface area contributed by atoms with Crippen molar-refractivity contribution in [1.29, 1.82) is 0 Å². The van der Waals surface area contributed by atoms with Gasteiger partial charge in [-0.2, -0.15) is 0 Å². The van der Waals surface area contributed by atoms with E-state index < -0.39 is 11.9 Å². The molecule has 0 spiro atoms. The zero-order valence-corrected chi connectivity index (χ0v) is 15.3. The highest BCUT2D eigenvalue weighted by Gasteiger charge is 2.15. The van der Waals surface area contributed by atoms with Crippen molar-refractivity contribution in [2.75, 3.05) is 26.9 Å². The van der Waals surface area contributed by atoms with Crippen LogP contribution in [0.3, 0.4) is 0 Å². The number of hydrogen-bond acceptors (Lipinski definition) is 5. The van der Waals surface area contributed by atoms with E-state index >= 15 is 0 Å². The van der Waals surface area contributed by atoms with Gasteiger partial charge in [0.15, 0.2) is 6.61 Å². The van der Waals surface area contributed by atoms with E-state index in [1.807, 2.05) is 13.0 Å². The Morgan fingerprint density at radius 1 is 1.12 bits per heavy atom. The van der Waals surface area contributed by atoms with E-state index in [2.05, 4.69) is 5.32 Å². The van der Waals surface area contributed by atoms with Crippen molar-refractivity contribution < 1.29 is 23.8 Å². The van der Waals surface area contributed by atoms with Crippen LogP contribution in [0.2, 0.25) is 5.02 Å². The predicted octanol–water partition coefficient (Wildman–Crippen LogP) is 3.01. The molecule has 138 valence electrons. The summed E-state index contributed by atoms with van der Waals surface area (Å²) in [5.41, 5.74) is 1.17. The number of carbonyl (C=O) groups excluding carboxylic acids is 2. The van der Waals surface area contributed by atoms with Gasteiger partial charge in [0.25, 0.3) is 5.91 Å². The summed E-state index contributed by atoms with van der Waals surface area (Å²) < 4.78 is 15.6. The van der Waals surface area contributed by atoms with Crippen LogP contribution in [-0.2, 0) is 9.53 Å². The minimum Gasteiger partial charge on any atom is -0.496 e. The van der Waals surface area contributed by atoms with Crippen molar-refractivity contribution in [3.63, 3.8) is 0 Å². The fourth-order valence-corrected chi connectivity index (χ4v) is 2.26. The molecule has 1 amide bonds. The molecule has 7 heteroatoms. The Morgan fingerprint density at radius 3 is 2.54 bits per heavy atom. The molecular formula is C19H20ClNO5. The third-order valence-electron chi connectivity index (χ3n) is 3.42. The van der Waals surface area contributed by atoms with Crippen LogP contribution in [0.5, 0.6) is 11.5 Å². The molecule has 0 radical (unpaired) electrons. The second-order valence-electron chi connectivity index (χ2n) is 5.43. The lowest BCUT2D eigenvalue weighted by Crippen LogP contribution is -2.32. The summed E-state index contributed by atoms with van der Waals surface area (Å²) in [4.78, 5) is 23.9. The lowest BCUT2D eigenvalue weighted by Gasteiger charge is -2.10. The second kappa shape index (κ2) is 9.68. The van der Waals surface area contributed by atoms with Crippen LogP contribution in [0.15, 0.2) is 42.5 Å². The van der Waals surface area contributed by atoms with Crippen LogP contribution in [0.4, 0.5) is 0 Å². The molecule has 0 aromatic heterocycles. The summed E-state index contributed by atoms with van der Waals surface area (Å²) in [6, 6.07) is 12.1. The highest BCUT2D eigenvalue weighted by Crippen LogP contribution is 2.20. The Hall–Kier alpha value is -2.73. The van der Waals surface area contributed by atoms with Crippen molar-refractivity contribution in [3.8, 4) is 11.5 Å². The molecule has 6 nitrogen and oxygen atoms in total. The summed E-state index contributed by atoms with van der Waals surface area (Å²) in [5, 5.41) is 3.24.